The largest absolute Gasteiger partial charge is 0.338 e. The highest BCUT2D eigenvalue weighted by Crippen LogP contribution is 2.20. The highest BCUT2D eigenvalue weighted by Gasteiger charge is 2.34. The van der Waals surface area contributed by atoms with Crippen LogP contribution in [0.5, 0.6) is 0 Å². The van der Waals surface area contributed by atoms with Gasteiger partial charge in [0.2, 0.25) is 21.8 Å². The Morgan fingerprint density at radius 3 is 2.18 bits per heavy atom. The quantitative estimate of drug-likeness (QED) is 0.586. The number of hydrogen-bond acceptors (Lipinski definition) is 5. The lowest BCUT2D eigenvalue weighted by atomic mass is 10.1. The number of benzene rings is 2. The van der Waals surface area contributed by atoms with Gasteiger partial charge in [0.1, 0.15) is 0 Å². The summed E-state index contributed by atoms with van der Waals surface area (Å²) in [5.74, 6) is -1.92. The van der Waals surface area contributed by atoms with Gasteiger partial charge in [0.05, 0.1) is 17.4 Å². The number of nitrogens with one attached hydrogen (secondary N) is 2. The molecular formula is C23H28N4O5S. The summed E-state index contributed by atoms with van der Waals surface area (Å²) in [5, 5.41) is 0. The summed E-state index contributed by atoms with van der Waals surface area (Å²) in [4.78, 5) is 38.6. The molecule has 0 aromatic heterocycles. The number of likely N-dealkylation sites (N-methyl/N-ethyl adjacent to an activating group) is 1. The summed E-state index contributed by atoms with van der Waals surface area (Å²) in [6.45, 7) is 4.01. The van der Waals surface area contributed by atoms with Crippen molar-refractivity contribution in [1.82, 2.24) is 20.1 Å². The lowest BCUT2D eigenvalue weighted by molar-refractivity contribution is -0.131. The number of carbonyl (C=O) groups excluding carboxylic acids is 3. The molecule has 3 rings (SSSR count). The molecule has 33 heavy (non-hydrogen) atoms. The van der Waals surface area contributed by atoms with Gasteiger partial charge in [-0.25, -0.2) is 8.42 Å². The molecule has 2 aromatic rings. The van der Waals surface area contributed by atoms with E-state index in [1.807, 2.05) is 38.1 Å². The van der Waals surface area contributed by atoms with Crippen molar-refractivity contribution in [1.29, 1.82) is 0 Å². The number of hydrazine groups is 1. The molecule has 2 aromatic carbocycles. The molecule has 1 atom stereocenters. The van der Waals surface area contributed by atoms with Crippen molar-refractivity contribution in [2.45, 2.75) is 31.7 Å². The van der Waals surface area contributed by atoms with Gasteiger partial charge in [-0.2, -0.15) is 4.31 Å². The van der Waals surface area contributed by atoms with Crippen molar-refractivity contribution in [3.63, 3.8) is 0 Å². The average molecular weight is 473 g/mol. The Morgan fingerprint density at radius 1 is 1.00 bits per heavy atom. The van der Waals surface area contributed by atoms with Crippen molar-refractivity contribution in [2.75, 3.05) is 20.1 Å². The smallest absolute Gasteiger partial charge is 0.253 e. The minimum absolute atomic E-state index is 0.0509. The van der Waals surface area contributed by atoms with E-state index in [-0.39, 0.29) is 23.8 Å². The van der Waals surface area contributed by atoms with Gasteiger partial charge in [-0.05, 0) is 31.5 Å². The van der Waals surface area contributed by atoms with E-state index >= 15 is 0 Å². The molecule has 0 saturated carbocycles. The Bertz CT molecular complexity index is 1130. The molecule has 9 nitrogen and oxygen atoms in total. The van der Waals surface area contributed by atoms with Crippen LogP contribution in [0.1, 0.15) is 23.1 Å². The lowest BCUT2D eigenvalue weighted by Crippen LogP contribution is -2.48. The van der Waals surface area contributed by atoms with E-state index in [1.54, 1.807) is 17.0 Å². The molecule has 0 aliphatic carbocycles. The molecule has 1 saturated heterocycles. The van der Waals surface area contributed by atoms with Gasteiger partial charge < -0.3 is 4.90 Å². The molecule has 2 N–H and O–H groups in total. The van der Waals surface area contributed by atoms with Crippen LogP contribution in [0.3, 0.4) is 0 Å². The maximum Gasteiger partial charge on any atom is 0.253 e. The van der Waals surface area contributed by atoms with Crippen molar-refractivity contribution >= 4 is 27.7 Å². The Morgan fingerprint density at radius 2 is 1.58 bits per heavy atom. The number of carbonyl (C=O) groups is 3. The number of likely N-dealkylation sites (tertiary alicyclic amines) is 1. The molecule has 1 aliphatic heterocycles. The van der Waals surface area contributed by atoms with Crippen LogP contribution in [0.25, 0.3) is 0 Å². The third-order valence-corrected chi connectivity index (χ3v) is 7.32. The van der Waals surface area contributed by atoms with Crippen LogP contribution in [0, 0.1) is 19.8 Å². The Balaban J connectivity index is 1.48. The zero-order chi connectivity index (χ0) is 24.2. The molecule has 0 bridgehead atoms. The first kappa shape index (κ1) is 24.4. The maximum atomic E-state index is 12.6. The van der Waals surface area contributed by atoms with Crippen LogP contribution in [0.2, 0.25) is 0 Å². The molecule has 1 heterocycles. The highest BCUT2D eigenvalue weighted by molar-refractivity contribution is 7.89. The normalized spacial score (nSPS) is 16.2. The monoisotopic (exact) mass is 472 g/mol. The molecular weight excluding hydrogens is 444 g/mol. The second kappa shape index (κ2) is 10.1. The maximum absolute atomic E-state index is 12.6. The third kappa shape index (κ3) is 6.17. The van der Waals surface area contributed by atoms with E-state index in [4.69, 9.17) is 0 Å². The number of aryl methyl sites for hydroxylation is 2. The average Bonchev–Trinajstić information content (AvgIpc) is 3.14. The molecule has 0 spiro atoms. The second-order valence-corrected chi connectivity index (χ2v) is 10.3. The fourth-order valence-corrected chi connectivity index (χ4v) is 4.59. The van der Waals surface area contributed by atoms with Crippen molar-refractivity contribution in [3.05, 3.63) is 65.2 Å². The predicted octanol–water partition coefficient (Wildman–Crippen LogP) is 1.12. The first-order valence-corrected chi connectivity index (χ1v) is 12.0. The first-order valence-electron chi connectivity index (χ1n) is 10.5. The Labute approximate surface area is 193 Å². The molecule has 1 fully saturated rings. The number of nitrogens with zero attached hydrogens (tertiary/aromatic N) is 2. The van der Waals surface area contributed by atoms with Gasteiger partial charge in [0.15, 0.2) is 0 Å². The lowest BCUT2D eigenvalue weighted by Gasteiger charge is -2.18. The zero-order valence-electron chi connectivity index (χ0n) is 18.9. The summed E-state index contributed by atoms with van der Waals surface area (Å²) in [5.41, 5.74) is 7.55. The summed E-state index contributed by atoms with van der Waals surface area (Å²) in [6, 6.07) is 14.1. The molecule has 1 aliphatic rings. The molecule has 0 radical (unpaired) electrons. The summed E-state index contributed by atoms with van der Waals surface area (Å²) < 4.78 is 26.1. The first-order chi connectivity index (χ1) is 15.6. The van der Waals surface area contributed by atoms with Crippen molar-refractivity contribution < 1.29 is 22.8 Å². The number of hydrogen-bond donors (Lipinski definition) is 2. The van der Waals surface area contributed by atoms with E-state index in [0.717, 1.165) is 21.0 Å². The van der Waals surface area contributed by atoms with Gasteiger partial charge >= 0.3 is 0 Å². The second-order valence-electron chi connectivity index (χ2n) is 8.27. The fraction of sp³-hybridized carbons (Fsp3) is 0.348. The molecule has 10 heteroatoms. The van der Waals surface area contributed by atoms with Crippen LogP contribution in [-0.4, -0.2) is 55.5 Å². The van der Waals surface area contributed by atoms with Crippen LogP contribution in [0.4, 0.5) is 0 Å². The standard InChI is InChI=1S/C23H28N4O5S/c1-16-4-8-18(9-5-16)13-27-14-19(12-22(27)29)23(30)25-24-21(28)15-26(3)33(31,32)20-10-6-17(2)7-11-20/h4-11,19H,12-15H2,1-3H3,(H,24,28)(H,25,30). The Kier molecular flexibility index (Phi) is 7.50. The molecule has 176 valence electrons. The Hall–Kier alpha value is -3.24. The van der Waals surface area contributed by atoms with Crippen LogP contribution < -0.4 is 10.9 Å². The molecule has 1 unspecified atom stereocenters. The van der Waals surface area contributed by atoms with E-state index in [2.05, 4.69) is 10.9 Å². The number of sulfonamides is 1. The van der Waals surface area contributed by atoms with Gasteiger partial charge in [0.25, 0.3) is 5.91 Å². The minimum Gasteiger partial charge on any atom is -0.338 e. The van der Waals surface area contributed by atoms with Crippen molar-refractivity contribution in [2.24, 2.45) is 5.92 Å². The third-order valence-electron chi connectivity index (χ3n) is 5.50. The number of amides is 3. The minimum atomic E-state index is -3.84. The summed E-state index contributed by atoms with van der Waals surface area (Å²) >= 11 is 0. The zero-order valence-corrected chi connectivity index (χ0v) is 19.7. The fourth-order valence-electron chi connectivity index (χ4n) is 3.46. The summed E-state index contributed by atoms with van der Waals surface area (Å²) in [7, 11) is -2.56. The predicted molar refractivity (Wildman–Crippen MR) is 122 cm³/mol. The van der Waals surface area contributed by atoms with Gasteiger partial charge in [0, 0.05) is 26.6 Å². The van der Waals surface area contributed by atoms with Gasteiger partial charge in [-0.1, -0.05) is 47.5 Å². The summed E-state index contributed by atoms with van der Waals surface area (Å²) in [6.07, 6.45) is 0.0509. The van der Waals surface area contributed by atoms with E-state index in [1.165, 1.54) is 19.2 Å². The molecule has 3 amide bonds. The van der Waals surface area contributed by atoms with Crippen LogP contribution in [-0.2, 0) is 31.0 Å². The van der Waals surface area contributed by atoms with Crippen LogP contribution >= 0.6 is 0 Å². The SMILES string of the molecule is Cc1ccc(CN2CC(C(=O)NNC(=O)CN(C)S(=O)(=O)c3ccc(C)cc3)CC2=O)cc1. The van der Waals surface area contributed by atoms with E-state index < -0.39 is 34.3 Å². The number of rotatable bonds is 7. The van der Waals surface area contributed by atoms with Gasteiger partial charge in [-0.15, -0.1) is 0 Å². The topological polar surface area (TPSA) is 116 Å². The van der Waals surface area contributed by atoms with E-state index in [0.29, 0.717) is 6.54 Å². The van der Waals surface area contributed by atoms with Crippen LogP contribution in [0.15, 0.2) is 53.4 Å². The highest BCUT2D eigenvalue weighted by atomic mass is 32.2. The van der Waals surface area contributed by atoms with Gasteiger partial charge in [-0.3, -0.25) is 25.2 Å². The van der Waals surface area contributed by atoms with Crippen molar-refractivity contribution in [3.8, 4) is 0 Å². The van der Waals surface area contributed by atoms with E-state index in [9.17, 15) is 22.8 Å².